The van der Waals surface area contributed by atoms with Crippen molar-refractivity contribution in [1.82, 2.24) is 19.6 Å². The molecule has 6 rings (SSSR count). The zero-order valence-electron chi connectivity index (χ0n) is 28.2. The van der Waals surface area contributed by atoms with Crippen molar-refractivity contribution in [2.75, 3.05) is 13.2 Å². The van der Waals surface area contributed by atoms with E-state index < -0.39 is 62.0 Å². The molecule has 1 aromatic heterocycles. The van der Waals surface area contributed by atoms with E-state index in [1.54, 1.807) is 6.08 Å². The number of sulfonamides is 1. The first kappa shape index (κ1) is 34.7. The molecular formula is C36H44N4O8S. The number of ether oxygens (including phenoxy) is 2. The van der Waals surface area contributed by atoms with Crippen LogP contribution < -0.4 is 9.46 Å². The molecule has 1 aromatic carbocycles. The average Bonchev–Trinajstić information content (AvgIpc) is 3.97. The number of hydrogen-bond acceptors (Lipinski definition) is 10. The minimum Gasteiger partial charge on any atom is -0.472 e. The fraction of sp³-hybridized carbons (Fsp3) is 0.556. The number of carbonyl (C=O) groups excluding carboxylic acids is 4. The second-order valence-corrected chi connectivity index (χ2v) is 16.8. The van der Waals surface area contributed by atoms with Gasteiger partial charge >= 0.3 is 5.97 Å². The second kappa shape index (κ2) is 13.3. The topological polar surface area (TPSA) is 162 Å². The van der Waals surface area contributed by atoms with Crippen LogP contribution in [0.4, 0.5) is 0 Å². The summed E-state index contributed by atoms with van der Waals surface area (Å²) in [4.78, 5) is 65.5. The van der Waals surface area contributed by atoms with Crippen molar-refractivity contribution in [3.63, 3.8) is 0 Å². The summed E-state index contributed by atoms with van der Waals surface area (Å²) in [7, 11) is -3.84. The fourth-order valence-electron chi connectivity index (χ4n) is 6.94. The number of amides is 2. The van der Waals surface area contributed by atoms with Crippen LogP contribution in [0.3, 0.4) is 0 Å². The Morgan fingerprint density at radius 1 is 1.18 bits per heavy atom. The lowest BCUT2D eigenvalue weighted by Gasteiger charge is -2.34. The number of rotatable bonds is 7. The summed E-state index contributed by atoms with van der Waals surface area (Å²) in [5.41, 5.74) is -0.356. The van der Waals surface area contributed by atoms with Gasteiger partial charge < -0.3 is 14.4 Å². The van der Waals surface area contributed by atoms with Crippen LogP contribution in [0.1, 0.15) is 77.7 Å². The van der Waals surface area contributed by atoms with Crippen molar-refractivity contribution in [2.45, 2.75) is 89.5 Å². The highest BCUT2D eigenvalue weighted by Gasteiger charge is 2.61. The van der Waals surface area contributed by atoms with E-state index in [9.17, 15) is 27.6 Å². The van der Waals surface area contributed by atoms with Crippen molar-refractivity contribution in [3.05, 3.63) is 48.8 Å². The largest absolute Gasteiger partial charge is 0.472 e. The molecule has 2 aliphatic heterocycles. The van der Waals surface area contributed by atoms with Gasteiger partial charge in [0.05, 0.1) is 53.1 Å². The Balaban J connectivity index is 1.33. The zero-order valence-corrected chi connectivity index (χ0v) is 29.0. The number of benzene rings is 1. The maximum Gasteiger partial charge on any atom is 0.306 e. The van der Waals surface area contributed by atoms with E-state index in [2.05, 4.69) is 21.3 Å². The summed E-state index contributed by atoms with van der Waals surface area (Å²) < 4.78 is 39.5. The lowest BCUT2D eigenvalue weighted by atomic mass is 9.77. The summed E-state index contributed by atoms with van der Waals surface area (Å²) in [5.74, 6) is -2.87. The van der Waals surface area contributed by atoms with E-state index in [-0.39, 0.29) is 50.5 Å². The number of hydrogen-bond donors (Lipinski definition) is 1. The summed E-state index contributed by atoms with van der Waals surface area (Å²) in [5, 5.41) is 0.0783. The van der Waals surface area contributed by atoms with E-state index in [0.29, 0.717) is 42.5 Å². The van der Waals surface area contributed by atoms with Gasteiger partial charge in [0.15, 0.2) is 5.78 Å². The molecule has 49 heavy (non-hydrogen) atoms. The highest BCUT2D eigenvalue weighted by molar-refractivity contribution is 7.90. The van der Waals surface area contributed by atoms with E-state index in [1.807, 2.05) is 51.1 Å². The van der Waals surface area contributed by atoms with Crippen LogP contribution in [0.2, 0.25) is 0 Å². The number of esters is 1. The Hall–Kier alpha value is -4.13. The molecule has 0 spiro atoms. The summed E-state index contributed by atoms with van der Waals surface area (Å²) in [6, 6.07) is 4.74. The molecule has 4 aliphatic rings. The van der Waals surface area contributed by atoms with Gasteiger partial charge in [-0.25, -0.2) is 18.4 Å². The third-order valence-corrected chi connectivity index (χ3v) is 12.0. The number of cyclic esters (lactones) is 1. The van der Waals surface area contributed by atoms with Crippen molar-refractivity contribution < 1.29 is 37.1 Å². The first-order chi connectivity index (χ1) is 23.2. The standard InChI is InChI=1S/C36H44N4O8S/c1-5-23-18-36(23,34(44)39-49(45,46)25-11-12-25)19-30(41)29-16-24-20-40(29)33(43)27(35(2,3)4)17-31(42)47-14-8-6-7-9-22-10-13-28-26(15-22)32(48-24)38-21-37-28/h5,7,9-10,13,15,21,23-25,27,29H,1,6,8,11-12,14,16-20H2,2-4H3,(H,39,44)/b9-7+/t23-,24+,27+,29-,36+/m0/s1. The minimum atomic E-state index is -3.84. The molecule has 2 aromatic rings. The lowest BCUT2D eigenvalue weighted by molar-refractivity contribution is -0.153. The summed E-state index contributed by atoms with van der Waals surface area (Å²) >= 11 is 0. The molecule has 2 amide bonds. The normalized spacial score (nSPS) is 28.6. The van der Waals surface area contributed by atoms with Gasteiger partial charge in [-0.2, -0.15) is 0 Å². The molecule has 2 saturated carbocycles. The van der Waals surface area contributed by atoms with Gasteiger partial charge in [-0.3, -0.25) is 23.9 Å². The lowest BCUT2D eigenvalue weighted by Crippen LogP contribution is -2.48. The van der Waals surface area contributed by atoms with Crippen molar-refractivity contribution >= 4 is 50.6 Å². The highest BCUT2D eigenvalue weighted by Crippen LogP contribution is 2.57. The van der Waals surface area contributed by atoms with E-state index in [4.69, 9.17) is 9.47 Å². The number of ketones is 1. The first-order valence-electron chi connectivity index (χ1n) is 17.0. The van der Waals surface area contributed by atoms with Crippen LogP contribution in [-0.4, -0.2) is 77.4 Å². The Kier molecular flexibility index (Phi) is 9.42. The van der Waals surface area contributed by atoms with Gasteiger partial charge in [-0.05, 0) is 61.1 Å². The van der Waals surface area contributed by atoms with Crippen LogP contribution >= 0.6 is 0 Å². The number of aromatic nitrogens is 2. The number of allylic oxidation sites excluding steroid dienone is 2. The molecular weight excluding hydrogens is 648 g/mol. The van der Waals surface area contributed by atoms with E-state index in [1.165, 1.54) is 11.2 Å². The molecule has 1 saturated heterocycles. The molecule has 2 aliphatic carbocycles. The molecule has 3 heterocycles. The van der Waals surface area contributed by atoms with Crippen molar-refractivity contribution in [2.24, 2.45) is 22.7 Å². The number of fused-ring (bicyclic) bond motifs is 3. The predicted molar refractivity (Wildman–Crippen MR) is 181 cm³/mol. The third kappa shape index (κ3) is 7.41. The molecule has 4 bridgehead atoms. The molecule has 12 nitrogen and oxygen atoms in total. The second-order valence-electron chi connectivity index (χ2n) is 14.8. The number of carbonyl (C=O) groups is 4. The monoisotopic (exact) mass is 692 g/mol. The van der Waals surface area contributed by atoms with Gasteiger partial charge in [0.25, 0.3) is 0 Å². The molecule has 13 heteroatoms. The Labute approximate surface area is 286 Å². The van der Waals surface area contributed by atoms with Crippen LogP contribution in [0.5, 0.6) is 5.88 Å². The molecule has 3 fully saturated rings. The summed E-state index contributed by atoms with van der Waals surface area (Å²) in [6.45, 7) is 9.65. The van der Waals surface area contributed by atoms with Crippen LogP contribution in [0.15, 0.2) is 43.3 Å². The smallest absolute Gasteiger partial charge is 0.306 e. The van der Waals surface area contributed by atoms with Gasteiger partial charge in [0.2, 0.25) is 27.7 Å². The average molecular weight is 693 g/mol. The SMILES string of the molecule is C=C[C@H]1C[C@]1(CC(=O)[C@@H]1C[C@@H]2CN1C(=O)[C@H](C(C)(C)C)CC(=O)OCCC/C=C/c1ccc3ncnc(c3c1)O2)C(=O)NS(=O)(=O)C1CC1. The van der Waals surface area contributed by atoms with Gasteiger partial charge in [0.1, 0.15) is 12.4 Å². The maximum absolute atomic E-state index is 14.4. The molecule has 1 N–H and O–H groups in total. The molecule has 262 valence electrons. The molecule has 5 atom stereocenters. The highest BCUT2D eigenvalue weighted by atomic mass is 32.2. The zero-order chi connectivity index (χ0) is 35.1. The Bertz CT molecular complexity index is 1810. The van der Waals surface area contributed by atoms with Crippen molar-refractivity contribution in [1.29, 1.82) is 0 Å². The number of nitrogens with one attached hydrogen (secondary N) is 1. The quantitative estimate of drug-likeness (QED) is 0.330. The number of nitrogens with zero attached hydrogens (tertiary/aromatic N) is 3. The van der Waals surface area contributed by atoms with Crippen molar-refractivity contribution in [3.8, 4) is 5.88 Å². The van der Waals surface area contributed by atoms with Gasteiger partial charge in [-0.15, -0.1) is 6.58 Å². The van der Waals surface area contributed by atoms with Gasteiger partial charge in [0, 0.05) is 12.8 Å². The maximum atomic E-state index is 14.4. The minimum absolute atomic E-state index is 0.0437. The molecule has 0 radical (unpaired) electrons. The Morgan fingerprint density at radius 2 is 1.96 bits per heavy atom. The fourth-order valence-corrected chi connectivity index (χ4v) is 8.33. The molecule has 0 unspecified atom stereocenters. The predicted octanol–water partition coefficient (Wildman–Crippen LogP) is 4.14. The van der Waals surface area contributed by atoms with E-state index in [0.717, 1.165) is 5.56 Å². The first-order valence-corrected chi connectivity index (χ1v) is 18.5. The van der Waals surface area contributed by atoms with Gasteiger partial charge in [-0.1, -0.05) is 45.1 Å². The van der Waals surface area contributed by atoms with Crippen LogP contribution in [-0.2, 0) is 33.9 Å². The third-order valence-electron chi connectivity index (χ3n) is 10.2. The Morgan fingerprint density at radius 3 is 2.65 bits per heavy atom. The number of Topliss-reactive ketones (excluding diaryl/α,β-unsaturated/α-hetero) is 1. The van der Waals surface area contributed by atoms with E-state index >= 15 is 0 Å². The van der Waals surface area contributed by atoms with Crippen LogP contribution in [0, 0.1) is 22.7 Å². The summed E-state index contributed by atoms with van der Waals surface area (Å²) in [6.07, 6.45) is 8.52. The van der Waals surface area contributed by atoms with Crippen LogP contribution in [0.25, 0.3) is 17.0 Å².